The van der Waals surface area contributed by atoms with Crippen LogP contribution in [0.25, 0.3) is 0 Å². The van der Waals surface area contributed by atoms with Gasteiger partial charge in [0.1, 0.15) is 17.2 Å². The fourth-order valence-electron chi connectivity index (χ4n) is 2.09. The standard InChI is InChI=1S/C17H18N4O2/c18-12-1-6-17(16(19)11-12)23-15-4-2-14(3-5-15)22-10-8-13-7-9-20-21-13/h1-7,9,11H,8,10,18-19H2,(H,20,21). The molecule has 0 aliphatic heterocycles. The molecule has 0 atom stereocenters. The summed E-state index contributed by atoms with van der Waals surface area (Å²) in [6.07, 6.45) is 2.55. The second kappa shape index (κ2) is 6.74. The number of aromatic amines is 1. The molecule has 23 heavy (non-hydrogen) atoms. The molecule has 3 rings (SSSR count). The predicted molar refractivity (Wildman–Crippen MR) is 89.6 cm³/mol. The Hall–Kier alpha value is -3.15. The molecule has 0 radical (unpaired) electrons. The van der Waals surface area contributed by atoms with E-state index in [4.69, 9.17) is 20.9 Å². The number of anilines is 2. The number of H-pyrrole nitrogens is 1. The fraction of sp³-hybridized carbons (Fsp3) is 0.118. The average Bonchev–Trinajstić information content (AvgIpc) is 3.05. The summed E-state index contributed by atoms with van der Waals surface area (Å²) in [5, 5.41) is 6.85. The summed E-state index contributed by atoms with van der Waals surface area (Å²) < 4.78 is 11.4. The summed E-state index contributed by atoms with van der Waals surface area (Å²) in [6, 6.07) is 14.5. The Labute approximate surface area is 134 Å². The number of nitrogens with zero attached hydrogens (tertiary/aromatic N) is 1. The quantitative estimate of drug-likeness (QED) is 0.608. The van der Waals surface area contributed by atoms with Gasteiger partial charge in [-0.15, -0.1) is 0 Å². The first-order valence-corrected chi connectivity index (χ1v) is 7.25. The van der Waals surface area contributed by atoms with Crippen LogP contribution in [-0.4, -0.2) is 16.8 Å². The first-order chi connectivity index (χ1) is 11.2. The second-order valence-electron chi connectivity index (χ2n) is 5.03. The van der Waals surface area contributed by atoms with Crippen molar-refractivity contribution in [3.63, 3.8) is 0 Å². The van der Waals surface area contributed by atoms with Crippen molar-refractivity contribution in [2.45, 2.75) is 6.42 Å². The highest BCUT2D eigenvalue weighted by molar-refractivity contribution is 5.61. The summed E-state index contributed by atoms with van der Waals surface area (Å²) in [5.74, 6) is 2.03. The van der Waals surface area contributed by atoms with Crippen LogP contribution in [0.5, 0.6) is 17.2 Å². The van der Waals surface area contributed by atoms with Gasteiger partial charge in [0.2, 0.25) is 0 Å². The molecule has 0 saturated heterocycles. The maximum absolute atomic E-state index is 5.87. The van der Waals surface area contributed by atoms with E-state index < -0.39 is 0 Å². The van der Waals surface area contributed by atoms with Gasteiger partial charge < -0.3 is 20.9 Å². The molecule has 0 bridgehead atoms. The molecule has 0 unspecified atom stereocenters. The van der Waals surface area contributed by atoms with E-state index in [1.807, 2.05) is 30.3 Å². The number of nitrogens with two attached hydrogens (primary N) is 2. The Morgan fingerprint density at radius 1 is 0.957 bits per heavy atom. The topological polar surface area (TPSA) is 99.2 Å². The van der Waals surface area contributed by atoms with E-state index >= 15 is 0 Å². The molecular weight excluding hydrogens is 292 g/mol. The van der Waals surface area contributed by atoms with Crippen LogP contribution in [0, 0.1) is 0 Å². The highest BCUT2D eigenvalue weighted by Crippen LogP contribution is 2.29. The molecule has 0 spiro atoms. The van der Waals surface area contributed by atoms with Crippen LogP contribution in [0.1, 0.15) is 5.69 Å². The molecule has 0 amide bonds. The van der Waals surface area contributed by atoms with Crippen molar-refractivity contribution in [2.24, 2.45) is 0 Å². The van der Waals surface area contributed by atoms with Gasteiger partial charge in [0, 0.05) is 18.3 Å². The molecule has 5 N–H and O–H groups in total. The van der Waals surface area contributed by atoms with Crippen molar-refractivity contribution < 1.29 is 9.47 Å². The normalized spacial score (nSPS) is 10.4. The van der Waals surface area contributed by atoms with Crippen LogP contribution >= 0.6 is 0 Å². The van der Waals surface area contributed by atoms with Crippen LogP contribution in [0.2, 0.25) is 0 Å². The lowest BCUT2D eigenvalue weighted by atomic mass is 10.2. The minimum atomic E-state index is 0.504. The number of nitrogens with one attached hydrogen (secondary N) is 1. The van der Waals surface area contributed by atoms with Gasteiger partial charge in [-0.25, -0.2) is 0 Å². The van der Waals surface area contributed by atoms with Crippen LogP contribution in [0.15, 0.2) is 54.7 Å². The number of benzene rings is 2. The van der Waals surface area contributed by atoms with Crippen molar-refractivity contribution >= 4 is 11.4 Å². The molecule has 3 aromatic rings. The monoisotopic (exact) mass is 310 g/mol. The number of ether oxygens (including phenoxy) is 2. The molecule has 1 aromatic heterocycles. The Kier molecular flexibility index (Phi) is 4.33. The number of hydrogen-bond acceptors (Lipinski definition) is 5. The zero-order valence-corrected chi connectivity index (χ0v) is 12.5. The minimum Gasteiger partial charge on any atom is -0.493 e. The van der Waals surface area contributed by atoms with Gasteiger partial charge in [0.25, 0.3) is 0 Å². The number of rotatable bonds is 6. The van der Waals surface area contributed by atoms with Crippen molar-refractivity contribution in [1.82, 2.24) is 10.2 Å². The smallest absolute Gasteiger partial charge is 0.150 e. The van der Waals surface area contributed by atoms with Gasteiger partial charge in [-0.1, -0.05) is 0 Å². The van der Waals surface area contributed by atoms with Crippen LogP contribution < -0.4 is 20.9 Å². The summed E-state index contributed by atoms with van der Waals surface area (Å²) >= 11 is 0. The lowest BCUT2D eigenvalue weighted by Gasteiger charge is -2.10. The van der Waals surface area contributed by atoms with Crippen LogP contribution in [0.3, 0.4) is 0 Å². The largest absolute Gasteiger partial charge is 0.493 e. The SMILES string of the molecule is Nc1ccc(Oc2ccc(OCCc3cc[nH]n3)cc2)c(N)c1. The van der Waals surface area contributed by atoms with E-state index in [0.717, 1.165) is 17.9 Å². The summed E-state index contributed by atoms with van der Waals surface area (Å²) in [4.78, 5) is 0. The molecule has 118 valence electrons. The maximum atomic E-state index is 5.87. The Morgan fingerprint density at radius 3 is 2.43 bits per heavy atom. The zero-order valence-electron chi connectivity index (χ0n) is 12.5. The van der Waals surface area contributed by atoms with Crippen LogP contribution in [-0.2, 0) is 6.42 Å². The lowest BCUT2D eigenvalue weighted by molar-refractivity contribution is 0.320. The minimum absolute atomic E-state index is 0.504. The number of nitrogen functional groups attached to an aromatic ring is 2. The van der Waals surface area contributed by atoms with Gasteiger partial charge in [0.05, 0.1) is 18.0 Å². The van der Waals surface area contributed by atoms with E-state index in [1.165, 1.54) is 0 Å². The molecule has 0 saturated carbocycles. The predicted octanol–water partition coefficient (Wildman–Crippen LogP) is 2.99. The molecule has 0 fully saturated rings. The van der Waals surface area contributed by atoms with E-state index in [1.54, 1.807) is 24.4 Å². The van der Waals surface area contributed by atoms with Crippen molar-refractivity contribution in [2.75, 3.05) is 18.1 Å². The van der Waals surface area contributed by atoms with Crippen molar-refractivity contribution in [3.05, 3.63) is 60.4 Å². The highest BCUT2D eigenvalue weighted by atomic mass is 16.5. The van der Waals surface area contributed by atoms with E-state index in [9.17, 15) is 0 Å². The molecule has 0 aliphatic rings. The molecule has 0 aliphatic carbocycles. The Bertz CT molecular complexity index is 755. The molecule has 1 heterocycles. The average molecular weight is 310 g/mol. The maximum Gasteiger partial charge on any atom is 0.150 e. The van der Waals surface area contributed by atoms with Crippen molar-refractivity contribution in [3.8, 4) is 17.2 Å². The first-order valence-electron chi connectivity index (χ1n) is 7.25. The van der Waals surface area contributed by atoms with Gasteiger partial charge in [-0.3, -0.25) is 5.10 Å². The molecule has 6 heteroatoms. The molecular formula is C17H18N4O2. The summed E-state index contributed by atoms with van der Waals surface area (Å²) in [5.41, 5.74) is 13.6. The zero-order chi connectivity index (χ0) is 16.1. The number of aromatic nitrogens is 2. The van der Waals surface area contributed by atoms with Gasteiger partial charge in [-0.2, -0.15) is 5.10 Å². The third kappa shape index (κ3) is 3.94. The Balaban J connectivity index is 1.56. The van der Waals surface area contributed by atoms with Crippen LogP contribution in [0.4, 0.5) is 11.4 Å². The summed E-state index contributed by atoms with van der Waals surface area (Å²) in [7, 11) is 0. The third-order valence-electron chi connectivity index (χ3n) is 3.27. The van der Waals surface area contributed by atoms with E-state index in [-0.39, 0.29) is 0 Å². The van der Waals surface area contributed by atoms with Gasteiger partial charge in [-0.05, 0) is 48.5 Å². The highest BCUT2D eigenvalue weighted by Gasteiger charge is 2.03. The molecule has 6 nitrogen and oxygen atoms in total. The first kappa shape index (κ1) is 14.8. The Morgan fingerprint density at radius 2 is 1.74 bits per heavy atom. The van der Waals surface area contributed by atoms with Crippen molar-refractivity contribution in [1.29, 1.82) is 0 Å². The van der Waals surface area contributed by atoms with E-state index in [0.29, 0.717) is 29.5 Å². The second-order valence-corrected chi connectivity index (χ2v) is 5.03. The third-order valence-corrected chi connectivity index (χ3v) is 3.27. The number of hydrogen-bond donors (Lipinski definition) is 3. The fourth-order valence-corrected chi connectivity index (χ4v) is 2.09. The molecule has 2 aromatic carbocycles. The van der Waals surface area contributed by atoms with Gasteiger partial charge in [0.15, 0.2) is 0 Å². The lowest BCUT2D eigenvalue weighted by Crippen LogP contribution is -2.01. The van der Waals surface area contributed by atoms with E-state index in [2.05, 4.69) is 10.2 Å². The van der Waals surface area contributed by atoms with Gasteiger partial charge >= 0.3 is 0 Å². The summed E-state index contributed by atoms with van der Waals surface area (Å²) in [6.45, 7) is 0.565.